The van der Waals surface area contributed by atoms with Gasteiger partial charge in [0, 0.05) is 5.56 Å². The molecule has 1 atom stereocenters. The van der Waals surface area contributed by atoms with Crippen LogP contribution in [-0.2, 0) is 0 Å². The molecule has 1 aromatic heterocycles. The normalized spacial score (nSPS) is 13.9. The highest BCUT2D eigenvalue weighted by molar-refractivity contribution is 7.14. The molecule has 2 N–H and O–H groups in total. The van der Waals surface area contributed by atoms with Gasteiger partial charge in [-0.15, -0.1) is 11.3 Å². The summed E-state index contributed by atoms with van der Waals surface area (Å²) in [5, 5.41) is 1.64. The van der Waals surface area contributed by atoms with Gasteiger partial charge in [-0.05, 0) is 11.4 Å². The summed E-state index contributed by atoms with van der Waals surface area (Å²) in [5.74, 6) is 0. The lowest BCUT2D eigenvalue weighted by molar-refractivity contribution is 0.116. The van der Waals surface area contributed by atoms with Crippen molar-refractivity contribution in [1.29, 1.82) is 0 Å². The molecule has 0 fully saturated rings. The highest BCUT2D eigenvalue weighted by Gasteiger charge is 2.20. The average Bonchev–Trinajstić information content (AvgIpc) is 2.33. The zero-order valence-corrected chi connectivity index (χ0v) is 7.00. The van der Waals surface area contributed by atoms with Gasteiger partial charge in [0.15, 0.2) is 0 Å². The number of halogens is 3. The molecule has 5 heteroatoms. The van der Waals surface area contributed by atoms with Crippen LogP contribution >= 0.6 is 22.9 Å². The average molecular weight is 198 g/mol. The summed E-state index contributed by atoms with van der Waals surface area (Å²) < 4.78 is 24.3. The van der Waals surface area contributed by atoms with E-state index >= 15 is 0 Å². The molecule has 1 unspecified atom stereocenters. The van der Waals surface area contributed by atoms with E-state index in [-0.39, 0.29) is 0 Å². The van der Waals surface area contributed by atoms with Crippen molar-refractivity contribution in [2.45, 2.75) is 12.5 Å². The molecule has 0 saturated carbocycles. The second-order valence-electron chi connectivity index (χ2n) is 2.01. The van der Waals surface area contributed by atoms with Gasteiger partial charge in [0.1, 0.15) is 0 Å². The number of alkyl halides is 2. The van der Waals surface area contributed by atoms with Crippen LogP contribution in [0.1, 0.15) is 11.6 Å². The highest BCUT2D eigenvalue weighted by Crippen LogP contribution is 2.29. The maximum Gasteiger partial charge on any atom is 0.257 e. The fourth-order valence-electron chi connectivity index (χ4n) is 0.679. The third-order valence-electron chi connectivity index (χ3n) is 1.28. The Morgan fingerprint density at radius 1 is 1.55 bits per heavy atom. The van der Waals surface area contributed by atoms with Gasteiger partial charge < -0.3 is 5.73 Å². The van der Waals surface area contributed by atoms with E-state index in [0.717, 1.165) is 0 Å². The molecule has 0 aliphatic carbocycles. The van der Waals surface area contributed by atoms with Crippen LogP contribution in [0.5, 0.6) is 0 Å². The predicted octanol–water partition coefficient (Wildman–Crippen LogP) is 2.67. The number of hydrogen-bond acceptors (Lipinski definition) is 2. The largest absolute Gasteiger partial charge is 0.319 e. The van der Waals surface area contributed by atoms with Gasteiger partial charge >= 0.3 is 0 Å². The molecule has 0 radical (unpaired) electrons. The minimum Gasteiger partial charge on any atom is -0.319 e. The van der Waals surface area contributed by atoms with Crippen LogP contribution < -0.4 is 5.73 Å². The highest BCUT2D eigenvalue weighted by atomic mass is 35.5. The Balaban J connectivity index is 2.84. The van der Waals surface area contributed by atoms with E-state index in [9.17, 15) is 8.78 Å². The summed E-state index contributed by atoms with van der Waals surface area (Å²) in [6, 6.07) is 0.262. The van der Waals surface area contributed by atoms with E-state index in [1.165, 1.54) is 17.4 Å². The Kier molecular flexibility index (Phi) is 2.81. The fourth-order valence-corrected chi connectivity index (χ4v) is 1.70. The third kappa shape index (κ3) is 1.89. The van der Waals surface area contributed by atoms with E-state index in [2.05, 4.69) is 0 Å². The van der Waals surface area contributed by atoms with Crippen molar-refractivity contribution in [3.8, 4) is 0 Å². The fraction of sp³-hybridized carbons (Fsp3) is 0.333. The monoisotopic (exact) mass is 197 g/mol. The van der Waals surface area contributed by atoms with Crippen molar-refractivity contribution in [3.63, 3.8) is 0 Å². The van der Waals surface area contributed by atoms with E-state index in [0.29, 0.717) is 9.90 Å². The quantitative estimate of drug-likeness (QED) is 0.775. The van der Waals surface area contributed by atoms with Crippen LogP contribution in [0.25, 0.3) is 0 Å². The molecule has 1 heterocycles. The van der Waals surface area contributed by atoms with Crippen molar-refractivity contribution in [3.05, 3.63) is 21.3 Å². The molecule has 1 aromatic rings. The summed E-state index contributed by atoms with van der Waals surface area (Å²) >= 11 is 6.79. The molecule has 0 amide bonds. The molecule has 0 aliphatic rings. The summed E-state index contributed by atoms with van der Waals surface area (Å²) in [4.78, 5) is 0. The molecule has 62 valence electrons. The molecular formula is C6H6ClF2NS. The predicted molar refractivity (Wildman–Crippen MR) is 42.3 cm³/mol. The minimum atomic E-state index is -2.55. The molecule has 0 saturated heterocycles. The lowest BCUT2D eigenvalue weighted by atomic mass is 10.2. The number of rotatable bonds is 2. The zero-order chi connectivity index (χ0) is 8.43. The third-order valence-corrected chi connectivity index (χ3v) is 2.48. The van der Waals surface area contributed by atoms with Crippen molar-refractivity contribution in [2.24, 2.45) is 5.73 Å². The van der Waals surface area contributed by atoms with Gasteiger partial charge in [-0.3, -0.25) is 0 Å². The van der Waals surface area contributed by atoms with Crippen LogP contribution in [0.2, 0.25) is 4.34 Å². The Hall–Kier alpha value is -0.190. The molecule has 0 spiro atoms. The first-order valence-electron chi connectivity index (χ1n) is 2.89. The second kappa shape index (κ2) is 3.47. The summed E-state index contributed by atoms with van der Waals surface area (Å²) in [6.45, 7) is 0. The minimum absolute atomic E-state index is 0.326. The SMILES string of the molecule is NC(c1ccsc1Cl)C(F)F. The first-order chi connectivity index (χ1) is 5.13. The van der Waals surface area contributed by atoms with Crippen molar-refractivity contribution < 1.29 is 8.78 Å². The van der Waals surface area contributed by atoms with Crippen LogP contribution in [0.3, 0.4) is 0 Å². The van der Waals surface area contributed by atoms with Crippen LogP contribution in [0.15, 0.2) is 11.4 Å². The van der Waals surface area contributed by atoms with E-state index in [4.69, 9.17) is 17.3 Å². The van der Waals surface area contributed by atoms with Gasteiger partial charge in [0.05, 0.1) is 10.4 Å². The molecule has 0 bridgehead atoms. The maximum atomic E-state index is 12.0. The molecule has 0 aliphatic heterocycles. The van der Waals surface area contributed by atoms with Crippen molar-refractivity contribution >= 4 is 22.9 Å². The molecular weight excluding hydrogens is 192 g/mol. The van der Waals surface area contributed by atoms with Crippen molar-refractivity contribution in [2.75, 3.05) is 0 Å². The first-order valence-corrected chi connectivity index (χ1v) is 4.15. The van der Waals surface area contributed by atoms with Gasteiger partial charge in [0.2, 0.25) is 0 Å². The topological polar surface area (TPSA) is 26.0 Å². The number of hydrogen-bond donors (Lipinski definition) is 1. The number of nitrogens with two attached hydrogens (primary N) is 1. The Morgan fingerprint density at radius 2 is 2.18 bits per heavy atom. The Morgan fingerprint density at radius 3 is 2.55 bits per heavy atom. The van der Waals surface area contributed by atoms with E-state index < -0.39 is 12.5 Å². The lowest BCUT2D eigenvalue weighted by Gasteiger charge is -2.07. The smallest absolute Gasteiger partial charge is 0.257 e. The van der Waals surface area contributed by atoms with Crippen LogP contribution in [0, 0.1) is 0 Å². The molecule has 0 aromatic carbocycles. The van der Waals surface area contributed by atoms with Crippen LogP contribution in [-0.4, -0.2) is 6.43 Å². The van der Waals surface area contributed by atoms with Gasteiger partial charge in [-0.2, -0.15) is 0 Å². The van der Waals surface area contributed by atoms with Gasteiger partial charge in [-0.25, -0.2) is 8.78 Å². The Bertz CT molecular complexity index is 238. The molecule has 1 nitrogen and oxygen atoms in total. The summed E-state index contributed by atoms with van der Waals surface area (Å²) in [7, 11) is 0. The number of thiophene rings is 1. The summed E-state index contributed by atoms with van der Waals surface area (Å²) in [6.07, 6.45) is -2.55. The maximum absolute atomic E-state index is 12.0. The molecule has 11 heavy (non-hydrogen) atoms. The van der Waals surface area contributed by atoms with Gasteiger partial charge in [0.25, 0.3) is 6.43 Å². The van der Waals surface area contributed by atoms with Crippen LogP contribution in [0.4, 0.5) is 8.78 Å². The lowest BCUT2D eigenvalue weighted by Crippen LogP contribution is -2.18. The second-order valence-corrected chi connectivity index (χ2v) is 3.53. The molecule has 1 rings (SSSR count). The summed E-state index contributed by atoms with van der Waals surface area (Å²) in [5.41, 5.74) is 5.48. The van der Waals surface area contributed by atoms with E-state index in [1.807, 2.05) is 0 Å². The zero-order valence-electron chi connectivity index (χ0n) is 5.43. The van der Waals surface area contributed by atoms with E-state index in [1.54, 1.807) is 5.38 Å². The standard InChI is InChI=1S/C6H6ClF2NS/c7-5-3(1-2-11-5)4(10)6(8)9/h1-2,4,6H,10H2. The van der Waals surface area contributed by atoms with Crippen molar-refractivity contribution in [1.82, 2.24) is 0 Å². The van der Waals surface area contributed by atoms with Gasteiger partial charge in [-0.1, -0.05) is 11.6 Å². The first kappa shape index (κ1) is 8.90. The Labute approximate surface area is 71.8 Å².